The lowest BCUT2D eigenvalue weighted by molar-refractivity contribution is -0.274. The van der Waals surface area contributed by atoms with Crippen LogP contribution >= 0.6 is 11.6 Å². The summed E-state index contributed by atoms with van der Waals surface area (Å²) in [5, 5.41) is 0.268. The van der Waals surface area contributed by atoms with E-state index in [0.717, 1.165) is 6.26 Å². The minimum atomic E-state index is -4.88. The Hall–Kier alpha value is -2.91. The van der Waals surface area contributed by atoms with E-state index in [-0.39, 0.29) is 16.7 Å². The predicted molar refractivity (Wildman–Crippen MR) is 140 cm³/mol. The van der Waals surface area contributed by atoms with Gasteiger partial charge in [0.05, 0.1) is 24.2 Å². The van der Waals surface area contributed by atoms with Gasteiger partial charge in [0.2, 0.25) is 10.0 Å². The second kappa shape index (κ2) is 10.8. The predicted octanol–water partition coefficient (Wildman–Crippen LogP) is 7.70. The van der Waals surface area contributed by atoms with Gasteiger partial charge in [0.15, 0.2) is 0 Å². The zero-order chi connectivity index (χ0) is 27.6. The zero-order valence-electron chi connectivity index (χ0n) is 21.1. The van der Waals surface area contributed by atoms with Crippen molar-refractivity contribution in [1.82, 2.24) is 0 Å². The van der Waals surface area contributed by atoms with Crippen LogP contribution in [0, 0.1) is 5.92 Å². The van der Waals surface area contributed by atoms with Crippen molar-refractivity contribution in [2.45, 2.75) is 39.5 Å². The number of rotatable bonds is 9. The molecule has 0 N–H and O–H groups in total. The van der Waals surface area contributed by atoms with Gasteiger partial charge in [0, 0.05) is 16.5 Å². The number of hydrogen-bond donors (Lipinski definition) is 0. The monoisotopic (exact) mass is 555 g/mol. The zero-order valence-corrected chi connectivity index (χ0v) is 22.7. The molecule has 3 aromatic rings. The van der Waals surface area contributed by atoms with Gasteiger partial charge in [-0.1, -0.05) is 57.5 Å². The van der Waals surface area contributed by atoms with Gasteiger partial charge in [-0.05, 0) is 59.5 Å². The molecule has 0 radical (unpaired) electrons. The molecule has 5 nitrogen and oxygen atoms in total. The number of sulfonamides is 1. The van der Waals surface area contributed by atoms with E-state index < -0.39 is 27.6 Å². The summed E-state index contributed by atoms with van der Waals surface area (Å²) in [4.78, 5) is 0. The van der Waals surface area contributed by atoms with Crippen LogP contribution in [0.2, 0.25) is 5.02 Å². The number of anilines is 2. The molecule has 0 aliphatic heterocycles. The van der Waals surface area contributed by atoms with Crippen LogP contribution in [0.25, 0.3) is 0 Å². The Bertz CT molecular complexity index is 1340. The van der Waals surface area contributed by atoms with Crippen molar-refractivity contribution in [3.8, 4) is 11.5 Å². The maximum atomic E-state index is 13.1. The largest absolute Gasteiger partial charge is 0.573 e. The van der Waals surface area contributed by atoms with E-state index in [0.29, 0.717) is 29.1 Å². The van der Waals surface area contributed by atoms with Gasteiger partial charge < -0.3 is 9.47 Å². The third kappa shape index (κ3) is 7.55. The van der Waals surface area contributed by atoms with Crippen LogP contribution in [0.1, 0.15) is 38.8 Å². The smallest absolute Gasteiger partial charge is 0.493 e. The minimum Gasteiger partial charge on any atom is -0.493 e. The van der Waals surface area contributed by atoms with Crippen LogP contribution < -0.4 is 13.8 Å². The molecule has 0 aliphatic rings. The summed E-state index contributed by atoms with van der Waals surface area (Å²) >= 11 is 6.44. The SMILES string of the molecule is CC(C)COc1cc(OC(F)(F)F)cc(C(C)(C)c2cc(Cl)cc(N(c3ccccc3)S(C)(=O)=O)c2)c1. The Morgan fingerprint density at radius 3 is 2.05 bits per heavy atom. The molecular weight excluding hydrogens is 527 g/mol. The van der Waals surface area contributed by atoms with Crippen molar-refractivity contribution >= 4 is 33.0 Å². The second-order valence-corrected chi connectivity index (χ2v) is 11.9. The van der Waals surface area contributed by atoms with E-state index >= 15 is 0 Å². The van der Waals surface area contributed by atoms with Crippen LogP contribution in [0.3, 0.4) is 0 Å². The fourth-order valence-corrected chi connectivity index (χ4v) is 5.01. The van der Waals surface area contributed by atoms with Crippen molar-refractivity contribution in [1.29, 1.82) is 0 Å². The van der Waals surface area contributed by atoms with Gasteiger partial charge in [0.1, 0.15) is 11.5 Å². The van der Waals surface area contributed by atoms with Crippen LogP contribution in [0.15, 0.2) is 66.7 Å². The Labute approximate surface area is 220 Å². The second-order valence-electron chi connectivity index (χ2n) is 9.63. The number of hydrogen-bond acceptors (Lipinski definition) is 4. The van der Waals surface area contributed by atoms with Gasteiger partial charge in [-0.2, -0.15) is 0 Å². The summed E-state index contributed by atoms with van der Waals surface area (Å²) in [7, 11) is -3.75. The first-order valence-electron chi connectivity index (χ1n) is 11.5. The maximum Gasteiger partial charge on any atom is 0.573 e. The lowest BCUT2D eigenvalue weighted by atomic mass is 9.78. The molecule has 0 heterocycles. The quantitative estimate of drug-likeness (QED) is 0.271. The molecule has 37 heavy (non-hydrogen) atoms. The summed E-state index contributed by atoms with van der Waals surface area (Å²) in [6.45, 7) is 7.75. The van der Waals surface area contributed by atoms with E-state index in [1.165, 1.54) is 22.5 Å². The van der Waals surface area contributed by atoms with Crippen LogP contribution in [0.4, 0.5) is 24.5 Å². The Kier molecular flexibility index (Phi) is 8.39. The number of benzene rings is 3. The molecule has 0 spiro atoms. The van der Waals surface area contributed by atoms with Gasteiger partial charge in [-0.3, -0.25) is 0 Å². The molecule has 3 aromatic carbocycles. The van der Waals surface area contributed by atoms with Gasteiger partial charge in [-0.15, -0.1) is 13.2 Å². The fraction of sp³-hybridized carbons (Fsp3) is 0.333. The molecule has 0 amide bonds. The highest BCUT2D eigenvalue weighted by Gasteiger charge is 2.33. The van der Waals surface area contributed by atoms with Crippen LogP contribution in [-0.2, 0) is 15.4 Å². The topological polar surface area (TPSA) is 55.8 Å². The standard InChI is InChI=1S/C27H29ClF3NO4S/c1-18(2)17-35-24-13-20(14-25(16-24)36-27(29,30)31)26(3,4)19-11-21(28)15-23(12-19)32(37(5,33)34)22-9-7-6-8-10-22/h6-16,18H,17H2,1-5H3. The Morgan fingerprint density at radius 2 is 1.49 bits per heavy atom. The highest BCUT2D eigenvalue weighted by atomic mass is 35.5. The maximum absolute atomic E-state index is 13.1. The van der Waals surface area contributed by atoms with E-state index in [1.54, 1.807) is 62.4 Å². The molecule has 0 unspecified atom stereocenters. The molecule has 200 valence electrons. The van der Waals surface area contributed by atoms with Crippen molar-refractivity contribution in [3.05, 3.63) is 82.9 Å². The van der Waals surface area contributed by atoms with E-state index in [4.69, 9.17) is 16.3 Å². The minimum absolute atomic E-state index is 0.152. The molecule has 0 aromatic heterocycles. The molecule has 0 fully saturated rings. The summed E-state index contributed by atoms with van der Waals surface area (Å²) in [6, 6.07) is 17.5. The lowest BCUT2D eigenvalue weighted by Gasteiger charge is -2.30. The Morgan fingerprint density at radius 1 is 0.892 bits per heavy atom. The lowest BCUT2D eigenvalue weighted by Crippen LogP contribution is -2.26. The number of ether oxygens (including phenoxy) is 2. The van der Waals surface area contributed by atoms with Gasteiger partial charge in [0.25, 0.3) is 0 Å². The molecule has 0 saturated heterocycles. The number of nitrogens with zero attached hydrogens (tertiary/aromatic N) is 1. The first-order chi connectivity index (χ1) is 17.1. The number of alkyl halides is 3. The molecule has 3 rings (SSSR count). The normalized spacial score (nSPS) is 12.5. The molecule has 0 saturated carbocycles. The third-order valence-corrected chi connectivity index (χ3v) is 6.88. The molecule has 0 atom stereocenters. The van der Waals surface area contributed by atoms with Crippen molar-refractivity contribution < 1.29 is 31.1 Å². The first kappa shape index (κ1) is 28.7. The molecule has 0 aliphatic carbocycles. The van der Waals surface area contributed by atoms with E-state index in [1.807, 2.05) is 13.8 Å². The summed E-state index contributed by atoms with van der Waals surface area (Å²) in [5.74, 6) is -0.0388. The number of halogens is 4. The molecule has 0 bridgehead atoms. The van der Waals surface area contributed by atoms with Gasteiger partial charge in [-0.25, -0.2) is 12.7 Å². The average molecular weight is 556 g/mol. The van der Waals surface area contributed by atoms with Crippen molar-refractivity contribution in [2.24, 2.45) is 5.92 Å². The average Bonchev–Trinajstić information content (AvgIpc) is 2.76. The molecular formula is C27H29ClF3NO4S. The van der Waals surface area contributed by atoms with Crippen molar-refractivity contribution in [2.75, 3.05) is 17.2 Å². The summed E-state index contributed by atoms with van der Waals surface area (Å²) < 4.78 is 75.8. The summed E-state index contributed by atoms with van der Waals surface area (Å²) in [6.07, 6.45) is -3.80. The van der Waals surface area contributed by atoms with Gasteiger partial charge >= 0.3 is 6.36 Å². The van der Waals surface area contributed by atoms with E-state index in [9.17, 15) is 21.6 Å². The third-order valence-electron chi connectivity index (χ3n) is 5.58. The number of para-hydroxylation sites is 1. The molecule has 10 heteroatoms. The van der Waals surface area contributed by atoms with Crippen molar-refractivity contribution in [3.63, 3.8) is 0 Å². The van der Waals surface area contributed by atoms with E-state index in [2.05, 4.69) is 4.74 Å². The summed E-state index contributed by atoms with van der Waals surface area (Å²) in [5.41, 5.74) is 0.843. The fourth-order valence-electron chi connectivity index (χ4n) is 3.79. The van der Waals surface area contributed by atoms with Crippen LogP contribution in [0.5, 0.6) is 11.5 Å². The van der Waals surface area contributed by atoms with Crippen LogP contribution in [-0.4, -0.2) is 27.6 Å². The Balaban J connectivity index is 2.15. The first-order valence-corrected chi connectivity index (χ1v) is 13.7. The highest BCUT2D eigenvalue weighted by Crippen LogP contribution is 2.41. The highest BCUT2D eigenvalue weighted by molar-refractivity contribution is 7.92.